The Kier molecular flexibility index (Phi) is 23.7. The number of rotatable bonds is 23. The van der Waals surface area contributed by atoms with Crippen LogP contribution >= 0.6 is 9.47 Å². The van der Waals surface area contributed by atoms with Gasteiger partial charge in [-0.2, -0.15) is 0 Å². The number of hydrogen-bond acceptors (Lipinski definition) is 15. The molecule has 0 rings (SSSR count). The molecule has 0 spiro atoms. The zero-order valence-corrected chi connectivity index (χ0v) is 33.5. The van der Waals surface area contributed by atoms with Gasteiger partial charge in [0.2, 0.25) is 41.4 Å². The van der Waals surface area contributed by atoms with Gasteiger partial charge in [0, 0.05) is 33.2 Å². The third kappa shape index (κ3) is 22.0. The molecule has 7 atom stereocenters. The predicted octanol–water partition coefficient (Wildman–Crippen LogP) is -2.65. The van der Waals surface area contributed by atoms with Crippen molar-refractivity contribution in [3.63, 3.8) is 0 Å². The molecular weight excluding hydrogens is 765 g/mol. The lowest BCUT2D eigenvalue weighted by Gasteiger charge is -2.23. The first kappa shape index (κ1) is 50.5. The summed E-state index contributed by atoms with van der Waals surface area (Å²) >= 11 is 0. The molecule has 0 aromatic heterocycles. The lowest BCUT2D eigenvalue weighted by atomic mass is 10.1. The Hall–Kier alpha value is -5.53. The third-order valence-electron chi connectivity index (χ3n) is 7.36. The fraction of sp³-hybridized carbons (Fsp3) is 0.636. The minimum absolute atomic E-state index is 0.0469. The van der Waals surface area contributed by atoms with E-state index < -0.39 is 107 Å². The van der Waals surface area contributed by atoms with Gasteiger partial charge in [-0.3, -0.25) is 52.7 Å². The number of nitrogens with one attached hydrogen (secondary N) is 7. The van der Waals surface area contributed by atoms with E-state index in [0.717, 1.165) is 13.8 Å². The van der Waals surface area contributed by atoms with Gasteiger partial charge in [-0.25, -0.2) is 4.79 Å². The number of amides is 7. The average Bonchev–Trinajstić information content (AvgIpc) is 3.11. The highest BCUT2D eigenvalue weighted by atomic mass is 31.0. The summed E-state index contributed by atoms with van der Waals surface area (Å²) in [6.45, 7) is 8.74. The van der Waals surface area contributed by atoms with E-state index in [0.29, 0.717) is 12.8 Å². The van der Waals surface area contributed by atoms with Crippen molar-refractivity contribution in [2.75, 3.05) is 6.54 Å². The van der Waals surface area contributed by atoms with Gasteiger partial charge >= 0.3 is 29.8 Å². The molecule has 7 N–H and O–H groups in total. The second kappa shape index (κ2) is 26.3. The number of unbranched alkanes of at least 4 members (excludes halogenated alkanes) is 1. The zero-order valence-electron chi connectivity index (χ0n) is 32.3. The Morgan fingerprint density at radius 2 is 0.893 bits per heavy atom. The summed E-state index contributed by atoms with van der Waals surface area (Å²) in [5.74, 6) is -9.27. The minimum atomic E-state index is -1.23. The topological polar surface area (TPSA) is 317 Å². The Bertz CT molecular complexity index is 1490. The van der Waals surface area contributed by atoms with Crippen LogP contribution in [0.2, 0.25) is 0 Å². The van der Waals surface area contributed by atoms with E-state index in [1.165, 1.54) is 34.6 Å². The van der Waals surface area contributed by atoms with Crippen LogP contribution < -0.4 is 37.2 Å². The predicted molar refractivity (Wildman–Crippen MR) is 195 cm³/mol. The molecule has 0 fully saturated rings. The van der Waals surface area contributed by atoms with Crippen LogP contribution in [0.15, 0.2) is 0 Å². The molecule has 0 heterocycles. The molecule has 23 heteroatoms. The number of hydrogen-bond donors (Lipinski definition) is 7. The number of ether oxygens (including phenoxy) is 2. The minimum Gasteiger partial charge on any atom is -0.451 e. The van der Waals surface area contributed by atoms with Crippen LogP contribution in [0.4, 0.5) is 0 Å². The van der Waals surface area contributed by atoms with Crippen molar-refractivity contribution in [3.05, 3.63) is 0 Å². The number of esters is 4. The summed E-state index contributed by atoms with van der Waals surface area (Å²) in [6.07, 6.45) is -0.417. The van der Waals surface area contributed by atoms with Crippen molar-refractivity contribution in [1.82, 2.24) is 37.2 Å². The summed E-state index contributed by atoms with van der Waals surface area (Å²) in [5, 5.41) is 16.9. The largest absolute Gasteiger partial charge is 0.451 e. The second-order valence-corrected chi connectivity index (χ2v) is 12.7. The molecule has 0 aliphatic heterocycles. The van der Waals surface area contributed by atoms with Crippen molar-refractivity contribution in [2.24, 2.45) is 0 Å². The van der Waals surface area contributed by atoms with Gasteiger partial charge in [-0.05, 0) is 53.9 Å². The fourth-order valence-electron chi connectivity index (χ4n) is 4.25. The van der Waals surface area contributed by atoms with Crippen LogP contribution in [0.25, 0.3) is 0 Å². The SMILES string of the molecule is CC(=O)OC(=O)CCC(=O)NCCCCC(NC(=O)CCC(=O)OP)C(=O)NC(C)C(=O)NC(C)C(=O)NC(C)C(=O)NC(C)C(=O)NC(C)C(=O)OC(C)=O. The summed E-state index contributed by atoms with van der Waals surface area (Å²) in [7, 11) is 1.75. The maximum Gasteiger partial charge on any atom is 0.335 e. The maximum atomic E-state index is 13.2. The van der Waals surface area contributed by atoms with Crippen molar-refractivity contribution in [1.29, 1.82) is 0 Å². The van der Waals surface area contributed by atoms with E-state index in [4.69, 9.17) is 0 Å². The lowest BCUT2D eigenvalue weighted by Crippen LogP contribution is -2.57. The molecular formula is C33H52N7O15P. The van der Waals surface area contributed by atoms with Crippen LogP contribution in [0.5, 0.6) is 0 Å². The van der Waals surface area contributed by atoms with Gasteiger partial charge in [-0.1, -0.05) is 0 Å². The molecule has 7 unspecified atom stereocenters. The molecule has 7 amide bonds. The van der Waals surface area contributed by atoms with Crippen molar-refractivity contribution in [3.8, 4) is 0 Å². The van der Waals surface area contributed by atoms with Crippen LogP contribution in [0.3, 0.4) is 0 Å². The van der Waals surface area contributed by atoms with Gasteiger partial charge in [0.05, 0.1) is 22.3 Å². The first-order chi connectivity index (χ1) is 26.1. The van der Waals surface area contributed by atoms with Crippen LogP contribution in [0, 0.1) is 0 Å². The second-order valence-electron chi connectivity index (χ2n) is 12.5. The molecule has 56 heavy (non-hydrogen) atoms. The van der Waals surface area contributed by atoms with Gasteiger partial charge in [0.1, 0.15) is 36.3 Å². The van der Waals surface area contributed by atoms with Gasteiger partial charge in [-0.15, -0.1) is 0 Å². The highest BCUT2D eigenvalue weighted by Crippen LogP contribution is 2.05. The van der Waals surface area contributed by atoms with Crippen LogP contribution in [0.1, 0.15) is 93.4 Å². The Balaban J connectivity index is 5.15. The highest BCUT2D eigenvalue weighted by molar-refractivity contribution is 7.10. The average molecular weight is 818 g/mol. The molecule has 0 radical (unpaired) electrons. The molecule has 0 aliphatic carbocycles. The molecule has 0 aromatic rings. The molecule has 22 nitrogen and oxygen atoms in total. The number of carbonyl (C=O) groups excluding carboxylic acids is 12. The maximum absolute atomic E-state index is 13.2. The van der Waals surface area contributed by atoms with E-state index in [1.54, 1.807) is 9.47 Å². The van der Waals surface area contributed by atoms with Gasteiger partial charge in [0.25, 0.3) is 0 Å². The molecule has 314 valence electrons. The summed E-state index contributed by atoms with van der Waals surface area (Å²) in [6, 6.07) is -7.17. The number of carbonyl (C=O) groups is 12. The monoisotopic (exact) mass is 817 g/mol. The summed E-state index contributed by atoms with van der Waals surface area (Å²) in [4.78, 5) is 145. The van der Waals surface area contributed by atoms with Crippen molar-refractivity contribution < 1.29 is 71.5 Å². The van der Waals surface area contributed by atoms with Crippen molar-refractivity contribution >= 4 is 80.7 Å². The molecule has 0 saturated carbocycles. The first-order valence-electron chi connectivity index (χ1n) is 17.5. The normalized spacial score (nSPS) is 13.6. The lowest BCUT2D eigenvalue weighted by molar-refractivity contribution is -0.161. The van der Waals surface area contributed by atoms with E-state index in [-0.39, 0.29) is 38.6 Å². The Morgan fingerprint density at radius 3 is 1.34 bits per heavy atom. The first-order valence-corrected chi connectivity index (χ1v) is 18.0. The summed E-state index contributed by atoms with van der Waals surface area (Å²) < 4.78 is 13.2. The van der Waals surface area contributed by atoms with Crippen LogP contribution in [-0.2, 0) is 71.5 Å². The highest BCUT2D eigenvalue weighted by Gasteiger charge is 2.28. The summed E-state index contributed by atoms with van der Waals surface area (Å²) in [5.41, 5.74) is 0. The molecule has 0 saturated heterocycles. The molecule has 0 aliphatic rings. The molecule has 0 bridgehead atoms. The van der Waals surface area contributed by atoms with E-state index in [9.17, 15) is 57.5 Å². The fourth-order valence-corrected chi connectivity index (χ4v) is 4.36. The van der Waals surface area contributed by atoms with Gasteiger partial charge in [0.15, 0.2) is 0 Å². The standard InChI is InChI=1S/C33H52N7O15P/c1-16(29(48)37-18(3)31(50)39-20(5)33(52)54-22(7)42)35-28(47)17(2)36-30(49)19(4)38-32(51)23(40-25(44)12-14-27(46)55-56)10-8-9-15-34-24(43)11-13-26(45)53-21(6)41/h16-20,23H,8-15,56H2,1-7H3,(H,34,43)(H,35,47)(H,36,49)(H,37,48)(H,38,51)(H,39,50)(H,40,44). The van der Waals surface area contributed by atoms with E-state index >= 15 is 0 Å². The van der Waals surface area contributed by atoms with E-state index in [1.807, 2.05) is 0 Å². The van der Waals surface area contributed by atoms with E-state index in [2.05, 4.69) is 51.2 Å². The quantitative estimate of drug-likeness (QED) is 0.0240. The Labute approximate surface area is 325 Å². The third-order valence-corrected chi connectivity index (χ3v) is 7.62. The smallest absolute Gasteiger partial charge is 0.335 e. The zero-order chi connectivity index (χ0) is 43.1. The van der Waals surface area contributed by atoms with Crippen LogP contribution in [-0.4, -0.2) is 114 Å². The Morgan fingerprint density at radius 1 is 0.482 bits per heavy atom. The van der Waals surface area contributed by atoms with Crippen molar-refractivity contribution in [2.45, 2.75) is 130 Å². The molecule has 0 aromatic carbocycles. The van der Waals surface area contributed by atoms with Gasteiger partial charge < -0.3 is 51.2 Å².